The number of methoxy groups -OCH3 is 1. The van der Waals surface area contributed by atoms with Gasteiger partial charge in [-0.25, -0.2) is 5.43 Å². The fraction of sp³-hybridized carbons (Fsp3) is 0.263. The highest BCUT2D eigenvalue weighted by Crippen LogP contribution is 2.36. The van der Waals surface area contributed by atoms with Crippen molar-refractivity contribution in [2.24, 2.45) is 5.10 Å². The van der Waals surface area contributed by atoms with Gasteiger partial charge in [0.05, 0.1) is 24.4 Å². The standard InChI is InChI=1S/C19H21BrN2O4/c1-4-25-19-15(20)9-14(10-17(19)24-3)11-21-22-18(23)12-26-16-8-6-5-7-13(16)2/h5-11H,4,12H2,1-3H3,(H,22,23)/b21-11+. The van der Waals surface area contributed by atoms with E-state index in [0.717, 1.165) is 15.6 Å². The molecule has 0 saturated carbocycles. The van der Waals surface area contributed by atoms with Gasteiger partial charge in [0.1, 0.15) is 5.75 Å². The first-order chi connectivity index (χ1) is 12.5. The zero-order chi connectivity index (χ0) is 18.9. The van der Waals surface area contributed by atoms with Gasteiger partial charge in [-0.3, -0.25) is 4.79 Å². The topological polar surface area (TPSA) is 69.2 Å². The molecule has 0 aliphatic rings. The minimum absolute atomic E-state index is 0.113. The van der Waals surface area contributed by atoms with Gasteiger partial charge in [0.2, 0.25) is 0 Å². The average Bonchev–Trinajstić information content (AvgIpc) is 2.63. The van der Waals surface area contributed by atoms with Crippen molar-refractivity contribution in [2.45, 2.75) is 13.8 Å². The first kappa shape index (κ1) is 19.8. The highest BCUT2D eigenvalue weighted by molar-refractivity contribution is 9.10. The van der Waals surface area contributed by atoms with Gasteiger partial charge < -0.3 is 14.2 Å². The summed E-state index contributed by atoms with van der Waals surface area (Å²) in [6, 6.07) is 11.1. The van der Waals surface area contributed by atoms with Crippen LogP contribution in [-0.4, -0.2) is 32.4 Å². The van der Waals surface area contributed by atoms with Crippen molar-refractivity contribution >= 4 is 28.1 Å². The Hall–Kier alpha value is -2.54. The lowest BCUT2D eigenvalue weighted by Gasteiger charge is -2.12. The van der Waals surface area contributed by atoms with Crippen molar-refractivity contribution in [3.05, 3.63) is 52.0 Å². The zero-order valence-electron chi connectivity index (χ0n) is 14.9. The Morgan fingerprint density at radius 1 is 1.23 bits per heavy atom. The lowest BCUT2D eigenvalue weighted by Crippen LogP contribution is -2.24. The van der Waals surface area contributed by atoms with Crippen LogP contribution >= 0.6 is 15.9 Å². The van der Waals surface area contributed by atoms with E-state index in [0.29, 0.717) is 23.9 Å². The van der Waals surface area contributed by atoms with Crippen LogP contribution < -0.4 is 19.6 Å². The summed E-state index contributed by atoms with van der Waals surface area (Å²) in [6.45, 7) is 4.23. The van der Waals surface area contributed by atoms with Crippen molar-refractivity contribution < 1.29 is 19.0 Å². The highest BCUT2D eigenvalue weighted by Gasteiger charge is 2.10. The predicted molar refractivity (Wildman–Crippen MR) is 104 cm³/mol. The van der Waals surface area contributed by atoms with Crippen molar-refractivity contribution in [3.63, 3.8) is 0 Å². The van der Waals surface area contributed by atoms with Crippen LogP contribution in [0.4, 0.5) is 0 Å². The van der Waals surface area contributed by atoms with Gasteiger partial charge in [0.15, 0.2) is 18.1 Å². The molecule has 0 unspecified atom stereocenters. The maximum absolute atomic E-state index is 11.8. The molecule has 0 aromatic heterocycles. The molecular formula is C19H21BrN2O4. The lowest BCUT2D eigenvalue weighted by molar-refractivity contribution is -0.123. The van der Waals surface area contributed by atoms with E-state index < -0.39 is 0 Å². The first-order valence-electron chi connectivity index (χ1n) is 8.05. The molecule has 1 N–H and O–H groups in total. The monoisotopic (exact) mass is 420 g/mol. The highest BCUT2D eigenvalue weighted by atomic mass is 79.9. The zero-order valence-corrected chi connectivity index (χ0v) is 16.5. The third-order valence-corrected chi connectivity index (χ3v) is 3.98. The molecule has 2 aromatic carbocycles. The smallest absolute Gasteiger partial charge is 0.277 e. The van der Waals surface area contributed by atoms with E-state index >= 15 is 0 Å². The molecule has 0 aliphatic heterocycles. The van der Waals surface area contributed by atoms with Gasteiger partial charge in [-0.2, -0.15) is 5.10 Å². The molecule has 138 valence electrons. The van der Waals surface area contributed by atoms with Crippen LogP contribution in [0.25, 0.3) is 0 Å². The van der Waals surface area contributed by atoms with E-state index in [1.165, 1.54) is 6.21 Å². The van der Waals surface area contributed by atoms with Crippen LogP contribution in [-0.2, 0) is 4.79 Å². The Morgan fingerprint density at radius 2 is 2.00 bits per heavy atom. The Labute approximate surface area is 161 Å². The van der Waals surface area contributed by atoms with Gasteiger partial charge >= 0.3 is 0 Å². The minimum atomic E-state index is -0.346. The molecule has 2 aromatic rings. The second-order valence-corrected chi connectivity index (χ2v) is 6.17. The van der Waals surface area contributed by atoms with Gasteiger partial charge in [-0.15, -0.1) is 0 Å². The summed E-state index contributed by atoms with van der Waals surface area (Å²) in [5, 5.41) is 3.95. The lowest BCUT2D eigenvalue weighted by atomic mass is 10.2. The molecule has 0 radical (unpaired) electrons. The van der Waals surface area contributed by atoms with E-state index in [2.05, 4.69) is 26.5 Å². The molecule has 0 bridgehead atoms. The van der Waals surface area contributed by atoms with Crippen LogP contribution in [0.5, 0.6) is 17.2 Å². The number of nitrogens with one attached hydrogen (secondary N) is 1. The Kier molecular flexibility index (Phi) is 7.47. The molecule has 6 nitrogen and oxygen atoms in total. The van der Waals surface area contributed by atoms with E-state index in [9.17, 15) is 4.79 Å². The average molecular weight is 421 g/mol. The second-order valence-electron chi connectivity index (χ2n) is 5.31. The molecule has 0 spiro atoms. The third-order valence-electron chi connectivity index (χ3n) is 3.40. The molecule has 0 saturated heterocycles. The molecular weight excluding hydrogens is 400 g/mol. The van der Waals surface area contributed by atoms with Crippen molar-refractivity contribution in [2.75, 3.05) is 20.3 Å². The summed E-state index contributed by atoms with van der Waals surface area (Å²) in [7, 11) is 1.57. The minimum Gasteiger partial charge on any atom is -0.493 e. The Bertz CT molecular complexity index is 793. The number of nitrogens with zero attached hydrogens (tertiary/aromatic N) is 1. The Morgan fingerprint density at radius 3 is 2.69 bits per heavy atom. The summed E-state index contributed by atoms with van der Waals surface area (Å²) < 4.78 is 17.1. The number of benzene rings is 2. The van der Waals surface area contributed by atoms with Crippen molar-refractivity contribution in [1.82, 2.24) is 5.43 Å². The fourth-order valence-electron chi connectivity index (χ4n) is 2.17. The van der Waals surface area contributed by atoms with Crippen LogP contribution in [0.1, 0.15) is 18.1 Å². The Balaban J connectivity index is 1.94. The van der Waals surface area contributed by atoms with E-state index in [1.54, 1.807) is 13.2 Å². The molecule has 0 aliphatic carbocycles. The first-order valence-corrected chi connectivity index (χ1v) is 8.85. The molecule has 0 heterocycles. The number of carbonyl (C=O) groups excluding carboxylic acids is 1. The largest absolute Gasteiger partial charge is 0.493 e. The molecule has 26 heavy (non-hydrogen) atoms. The number of ether oxygens (including phenoxy) is 3. The number of hydrogen-bond acceptors (Lipinski definition) is 5. The summed E-state index contributed by atoms with van der Waals surface area (Å²) in [5.74, 6) is 1.54. The third kappa shape index (κ3) is 5.49. The van der Waals surface area contributed by atoms with Crippen LogP contribution in [0, 0.1) is 6.92 Å². The SMILES string of the molecule is CCOc1c(Br)cc(/C=N/NC(=O)COc2ccccc2C)cc1OC. The summed E-state index contributed by atoms with van der Waals surface area (Å²) in [5.41, 5.74) is 4.15. The van der Waals surface area contributed by atoms with Gasteiger partial charge in [-0.05, 0) is 59.1 Å². The summed E-state index contributed by atoms with van der Waals surface area (Å²) in [4.78, 5) is 11.8. The van der Waals surface area contributed by atoms with Gasteiger partial charge in [0.25, 0.3) is 5.91 Å². The van der Waals surface area contributed by atoms with Crippen LogP contribution in [0.15, 0.2) is 46.0 Å². The van der Waals surface area contributed by atoms with E-state index in [4.69, 9.17) is 14.2 Å². The van der Waals surface area contributed by atoms with Crippen molar-refractivity contribution in [1.29, 1.82) is 0 Å². The molecule has 7 heteroatoms. The molecule has 0 fully saturated rings. The number of halogens is 1. The number of amides is 1. The number of rotatable bonds is 8. The number of para-hydroxylation sites is 1. The number of hydrazone groups is 1. The maximum atomic E-state index is 11.8. The predicted octanol–water partition coefficient (Wildman–Crippen LogP) is 3.69. The normalized spacial score (nSPS) is 10.6. The van der Waals surface area contributed by atoms with E-state index in [1.807, 2.05) is 44.2 Å². The molecule has 1 amide bonds. The number of carbonyl (C=O) groups is 1. The molecule has 0 atom stereocenters. The van der Waals surface area contributed by atoms with E-state index in [-0.39, 0.29) is 12.5 Å². The maximum Gasteiger partial charge on any atom is 0.277 e. The second kappa shape index (κ2) is 9.82. The van der Waals surface area contributed by atoms with Crippen LogP contribution in [0.2, 0.25) is 0 Å². The van der Waals surface area contributed by atoms with Crippen molar-refractivity contribution in [3.8, 4) is 17.2 Å². The number of hydrogen-bond donors (Lipinski definition) is 1. The fourth-order valence-corrected chi connectivity index (χ4v) is 2.75. The van der Waals surface area contributed by atoms with Gasteiger partial charge in [-0.1, -0.05) is 18.2 Å². The summed E-state index contributed by atoms with van der Waals surface area (Å²) in [6.07, 6.45) is 1.52. The number of aryl methyl sites for hydroxylation is 1. The van der Waals surface area contributed by atoms with Crippen LogP contribution in [0.3, 0.4) is 0 Å². The van der Waals surface area contributed by atoms with Gasteiger partial charge in [0, 0.05) is 0 Å². The quantitative estimate of drug-likeness (QED) is 0.522. The summed E-state index contributed by atoms with van der Waals surface area (Å²) >= 11 is 3.44. The molecule has 2 rings (SSSR count).